The topological polar surface area (TPSA) is 55.1 Å². The molecular formula is C15H15BrN2O2. The summed E-state index contributed by atoms with van der Waals surface area (Å²) in [4.78, 5) is 11.9. The Hall–Kier alpha value is -1.62. The molecule has 1 aliphatic rings. The third kappa shape index (κ3) is 3.10. The molecule has 2 aromatic rings. The van der Waals surface area contributed by atoms with Crippen LogP contribution in [0.2, 0.25) is 0 Å². The molecule has 0 bridgehead atoms. The van der Waals surface area contributed by atoms with E-state index < -0.39 is 0 Å². The number of amides is 1. The van der Waals surface area contributed by atoms with Crippen molar-refractivity contribution in [2.45, 2.75) is 31.7 Å². The molecule has 1 aromatic heterocycles. The van der Waals surface area contributed by atoms with Gasteiger partial charge in [0.2, 0.25) is 5.91 Å². The van der Waals surface area contributed by atoms with Crippen LogP contribution >= 0.6 is 15.9 Å². The van der Waals surface area contributed by atoms with E-state index in [1.807, 2.05) is 19.1 Å². The molecule has 1 amide bonds. The first-order chi connectivity index (χ1) is 9.61. The fourth-order valence-electron chi connectivity index (χ4n) is 2.36. The first kappa shape index (κ1) is 13.4. The molecule has 0 unspecified atom stereocenters. The van der Waals surface area contributed by atoms with Gasteiger partial charge in [-0.25, -0.2) is 0 Å². The van der Waals surface area contributed by atoms with Crippen molar-refractivity contribution in [1.29, 1.82) is 0 Å². The second-order valence-corrected chi connectivity index (χ2v) is 6.09. The smallest absolute Gasteiger partial charge is 0.226 e. The van der Waals surface area contributed by atoms with E-state index in [0.717, 1.165) is 16.7 Å². The van der Waals surface area contributed by atoms with E-state index in [9.17, 15) is 4.79 Å². The van der Waals surface area contributed by atoms with Crippen molar-refractivity contribution in [3.05, 3.63) is 51.8 Å². The first-order valence-corrected chi connectivity index (χ1v) is 7.38. The lowest BCUT2D eigenvalue weighted by Gasteiger charge is -2.03. The Morgan fingerprint density at radius 3 is 2.85 bits per heavy atom. The number of hydrogen-bond acceptors (Lipinski definition) is 3. The van der Waals surface area contributed by atoms with Crippen molar-refractivity contribution in [3.8, 4) is 0 Å². The summed E-state index contributed by atoms with van der Waals surface area (Å²) in [6, 6.07) is 10.3. The van der Waals surface area contributed by atoms with Gasteiger partial charge in [-0.15, -0.1) is 0 Å². The van der Waals surface area contributed by atoms with E-state index in [1.54, 1.807) is 6.07 Å². The molecule has 0 spiro atoms. The summed E-state index contributed by atoms with van der Waals surface area (Å²) >= 11 is 3.42. The molecule has 0 aliphatic heterocycles. The molecule has 2 atom stereocenters. The molecule has 3 rings (SSSR count). The van der Waals surface area contributed by atoms with Crippen LogP contribution in [0.1, 0.15) is 29.4 Å². The summed E-state index contributed by atoms with van der Waals surface area (Å²) < 4.78 is 6.03. The van der Waals surface area contributed by atoms with Gasteiger partial charge in [-0.2, -0.15) is 0 Å². The summed E-state index contributed by atoms with van der Waals surface area (Å²) in [5.74, 6) is 1.17. The Labute approximate surface area is 125 Å². The zero-order chi connectivity index (χ0) is 14.1. The maximum atomic E-state index is 11.9. The van der Waals surface area contributed by atoms with Crippen LogP contribution in [-0.4, -0.2) is 17.1 Å². The van der Waals surface area contributed by atoms with Gasteiger partial charge in [-0.05, 0) is 31.0 Å². The molecule has 5 heteroatoms. The minimum absolute atomic E-state index is 0.00270. The van der Waals surface area contributed by atoms with Gasteiger partial charge in [-0.1, -0.05) is 33.2 Å². The highest BCUT2D eigenvalue weighted by Crippen LogP contribution is 2.41. The molecule has 0 radical (unpaired) electrons. The predicted molar refractivity (Wildman–Crippen MR) is 78.4 cm³/mol. The Kier molecular flexibility index (Phi) is 3.61. The summed E-state index contributed by atoms with van der Waals surface area (Å²) in [6.07, 6.45) is 1.28. The lowest BCUT2D eigenvalue weighted by molar-refractivity contribution is -0.120. The van der Waals surface area contributed by atoms with Crippen molar-refractivity contribution in [2.75, 3.05) is 0 Å². The molecule has 1 N–H and O–H groups in total. The quantitative estimate of drug-likeness (QED) is 0.935. The molecule has 0 saturated heterocycles. The third-order valence-corrected chi connectivity index (χ3v) is 3.98. The maximum absolute atomic E-state index is 11.9. The van der Waals surface area contributed by atoms with Crippen molar-refractivity contribution < 1.29 is 9.32 Å². The van der Waals surface area contributed by atoms with Gasteiger partial charge in [0.05, 0.1) is 12.1 Å². The van der Waals surface area contributed by atoms with Crippen LogP contribution in [0, 0.1) is 6.92 Å². The molecular weight excluding hydrogens is 320 g/mol. The van der Waals surface area contributed by atoms with Gasteiger partial charge >= 0.3 is 0 Å². The van der Waals surface area contributed by atoms with Gasteiger partial charge < -0.3 is 9.84 Å². The highest BCUT2D eigenvalue weighted by molar-refractivity contribution is 9.10. The molecule has 104 valence electrons. The van der Waals surface area contributed by atoms with E-state index >= 15 is 0 Å². The highest BCUT2D eigenvalue weighted by atomic mass is 79.9. The molecule has 4 nitrogen and oxygen atoms in total. The molecule has 20 heavy (non-hydrogen) atoms. The number of aromatic nitrogens is 1. The summed E-state index contributed by atoms with van der Waals surface area (Å²) in [5, 5.41) is 6.87. The van der Waals surface area contributed by atoms with Gasteiger partial charge in [0.1, 0.15) is 5.76 Å². The number of benzene rings is 1. The van der Waals surface area contributed by atoms with Crippen LogP contribution in [0.4, 0.5) is 0 Å². The van der Waals surface area contributed by atoms with Crippen molar-refractivity contribution in [3.63, 3.8) is 0 Å². The molecule has 1 aliphatic carbocycles. The molecule has 1 saturated carbocycles. The number of hydrogen-bond donors (Lipinski definition) is 1. The lowest BCUT2D eigenvalue weighted by atomic mass is 10.1. The van der Waals surface area contributed by atoms with Crippen LogP contribution < -0.4 is 5.32 Å². The normalized spacial score (nSPS) is 20.7. The van der Waals surface area contributed by atoms with Crippen LogP contribution in [0.25, 0.3) is 0 Å². The number of nitrogens with zero attached hydrogens (tertiary/aromatic N) is 1. The first-order valence-electron chi connectivity index (χ1n) is 6.59. The largest absolute Gasteiger partial charge is 0.361 e. The average molecular weight is 335 g/mol. The van der Waals surface area contributed by atoms with Crippen LogP contribution in [0.15, 0.2) is 39.3 Å². The van der Waals surface area contributed by atoms with Crippen molar-refractivity contribution in [1.82, 2.24) is 10.5 Å². The number of halogens is 1. The minimum atomic E-state index is 0.00270. The zero-order valence-corrected chi connectivity index (χ0v) is 12.7. The summed E-state index contributed by atoms with van der Waals surface area (Å²) in [5.41, 5.74) is 1.96. The van der Waals surface area contributed by atoms with Gasteiger partial charge in [0, 0.05) is 22.5 Å². The Morgan fingerprint density at radius 1 is 1.45 bits per heavy atom. The number of rotatable bonds is 4. The van der Waals surface area contributed by atoms with Crippen molar-refractivity contribution in [2.24, 2.45) is 0 Å². The van der Waals surface area contributed by atoms with Gasteiger partial charge in [0.15, 0.2) is 0 Å². The van der Waals surface area contributed by atoms with E-state index in [1.165, 1.54) is 5.56 Å². The number of carbonyl (C=O) groups is 1. The Balaban J connectivity index is 1.52. The van der Waals surface area contributed by atoms with E-state index in [-0.39, 0.29) is 18.4 Å². The predicted octanol–water partition coefficient (Wildman–Crippen LogP) is 2.96. The van der Waals surface area contributed by atoms with E-state index in [4.69, 9.17) is 4.52 Å². The van der Waals surface area contributed by atoms with Gasteiger partial charge in [0.25, 0.3) is 0 Å². The minimum Gasteiger partial charge on any atom is -0.361 e. The van der Waals surface area contributed by atoms with Gasteiger partial charge in [-0.3, -0.25) is 4.79 Å². The average Bonchev–Trinajstić information content (AvgIpc) is 3.04. The Bertz CT molecular complexity index is 621. The van der Waals surface area contributed by atoms with E-state index in [2.05, 4.69) is 38.5 Å². The molecule has 1 heterocycles. The maximum Gasteiger partial charge on any atom is 0.226 e. The highest BCUT2D eigenvalue weighted by Gasteiger charge is 2.39. The summed E-state index contributed by atoms with van der Waals surface area (Å²) in [6.45, 7) is 1.82. The fourth-order valence-corrected chi connectivity index (χ4v) is 2.62. The van der Waals surface area contributed by atoms with E-state index in [0.29, 0.717) is 11.6 Å². The summed E-state index contributed by atoms with van der Waals surface area (Å²) in [7, 11) is 0. The third-order valence-electron chi connectivity index (χ3n) is 3.45. The molecule has 1 fully saturated rings. The number of carbonyl (C=O) groups excluding carboxylic acids is 1. The zero-order valence-electron chi connectivity index (χ0n) is 11.1. The lowest BCUT2D eigenvalue weighted by Crippen LogP contribution is -2.28. The second kappa shape index (κ2) is 5.40. The number of nitrogens with one attached hydrogen (secondary N) is 1. The van der Waals surface area contributed by atoms with Crippen LogP contribution in [0.5, 0.6) is 0 Å². The van der Waals surface area contributed by atoms with Crippen LogP contribution in [0.3, 0.4) is 0 Å². The van der Waals surface area contributed by atoms with Crippen LogP contribution in [-0.2, 0) is 11.2 Å². The Morgan fingerprint density at radius 2 is 2.20 bits per heavy atom. The fraction of sp³-hybridized carbons (Fsp3) is 0.333. The number of aryl methyl sites for hydroxylation is 1. The second-order valence-electron chi connectivity index (χ2n) is 5.17. The standard InChI is InChI=1S/C15H15BrN2O2/c1-9-6-12(18-20-9)7-15(19)17-14-8-13(14)10-2-4-11(16)5-3-10/h2-6,13-14H,7-8H2,1H3,(H,17,19)/t13-,14+/m0/s1. The SMILES string of the molecule is Cc1cc(CC(=O)N[C@@H]2C[C@H]2c2ccc(Br)cc2)no1. The van der Waals surface area contributed by atoms with Crippen molar-refractivity contribution >= 4 is 21.8 Å². The monoisotopic (exact) mass is 334 g/mol. The molecule has 1 aromatic carbocycles.